The first kappa shape index (κ1) is 11.7. The van der Waals surface area contributed by atoms with Gasteiger partial charge in [-0.3, -0.25) is 4.98 Å². The van der Waals surface area contributed by atoms with Gasteiger partial charge in [0.05, 0.1) is 5.52 Å². The number of pyridine rings is 1. The van der Waals surface area contributed by atoms with E-state index in [1.54, 1.807) is 0 Å². The standard InChI is InChI=1S/C16H20N2/c1-3-14-5-2-10-18-16(14)15(4-1)9-12-17-11-8-13-6-7-13/h1-5,10,13,17H,6-9,11-12H2. The molecule has 2 aromatic rings. The maximum atomic E-state index is 4.49. The van der Waals surface area contributed by atoms with E-state index in [0.717, 1.165) is 24.4 Å². The second kappa shape index (κ2) is 5.49. The van der Waals surface area contributed by atoms with E-state index in [2.05, 4.69) is 34.6 Å². The number of fused-ring (bicyclic) bond motifs is 1. The van der Waals surface area contributed by atoms with Crippen molar-refractivity contribution in [1.29, 1.82) is 0 Å². The summed E-state index contributed by atoms with van der Waals surface area (Å²) in [5.74, 6) is 1.02. The van der Waals surface area contributed by atoms with Crippen LogP contribution in [0.1, 0.15) is 24.8 Å². The van der Waals surface area contributed by atoms with E-state index in [0.29, 0.717) is 0 Å². The predicted octanol–water partition coefficient (Wildman–Crippen LogP) is 3.17. The Bertz CT molecular complexity index is 512. The van der Waals surface area contributed by atoms with Gasteiger partial charge in [-0.25, -0.2) is 0 Å². The highest BCUT2D eigenvalue weighted by Crippen LogP contribution is 2.31. The lowest BCUT2D eigenvalue weighted by molar-refractivity contribution is 0.613. The summed E-state index contributed by atoms with van der Waals surface area (Å²) in [5, 5.41) is 4.79. The van der Waals surface area contributed by atoms with E-state index >= 15 is 0 Å². The van der Waals surface area contributed by atoms with Crippen LogP contribution in [0.25, 0.3) is 10.9 Å². The van der Waals surface area contributed by atoms with Crippen LogP contribution in [0.4, 0.5) is 0 Å². The van der Waals surface area contributed by atoms with Crippen LogP contribution in [0.5, 0.6) is 0 Å². The van der Waals surface area contributed by atoms with Crippen molar-refractivity contribution >= 4 is 10.9 Å². The van der Waals surface area contributed by atoms with Crippen molar-refractivity contribution in [2.45, 2.75) is 25.7 Å². The molecule has 18 heavy (non-hydrogen) atoms. The molecule has 0 radical (unpaired) electrons. The molecule has 0 saturated heterocycles. The Kier molecular flexibility index (Phi) is 3.56. The summed E-state index contributed by atoms with van der Waals surface area (Å²) in [7, 11) is 0. The van der Waals surface area contributed by atoms with Crippen molar-refractivity contribution in [2.75, 3.05) is 13.1 Å². The summed E-state index contributed by atoms with van der Waals surface area (Å²) in [6, 6.07) is 10.6. The Morgan fingerprint density at radius 1 is 1.11 bits per heavy atom. The number of nitrogens with zero attached hydrogens (tertiary/aromatic N) is 1. The molecule has 3 rings (SSSR count). The lowest BCUT2D eigenvalue weighted by Gasteiger charge is -2.07. The fraction of sp³-hybridized carbons (Fsp3) is 0.438. The van der Waals surface area contributed by atoms with E-state index in [1.165, 1.54) is 36.8 Å². The van der Waals surface area contributed by atoms with Crippen molar-refractivity contribution in [1.82, 2.24) is 10.3 Å². The number of hydrogen-bond acceptors (Lipinski definition) is 2. The van der Waals surface area contributed by atoms with Gasteiger partial charge >= 0.3 is 0 Å². The highest BCUT2D eigenvalue weighted by atomic mass is 14.8. The maximum absolute atomic E-state index is 4.49. The zero-order chi connectivity index (χ0) is 12.2. The highest BCUT2D eigenvalue weighted by Gasteiger charge is 2.19. The molecule has 2 heteroatoms. The van der Waals surface area contributed by atoms with E-state index in [9.17, 15) is 0 Å². The van der Waals surface area contributed by atoms with Gasteiger partial charge in [-0.2, -0.15) is 0 Å². The van der Waals surface area contributed by atoms with E-state index in [4.69, 9.17) is 0 Å². The molecule has 0 unspecified atom stereocenters. The van der Waals surface area contributed by atoms with E-state index in [-0.39, 0.29) is 0 Å². The second-order valence-electron chi connectivity index (χ2n) is 5.22. The number of aromatic nitrogens is 1. The van der Waals surface area contributed by atoms with Crippen LogP contribution in [0.2, 0.25) is 0 Å². The second-order valence-corrected chi connectivity index (χ2v) is 5.22. The summed E-state index contributed by atoms with van der Waals surface area (Å²) in [6.07, 6.45) is 7.21. The van der Waals surface area contributed by atoms with Gasteiger partial charge in [0.2, 0.25) is 0 Å². The quantitative estimate of drug-likeness (QED) is 0.784. The van der Waals surface area contributed by atoms with E-state index < -0.39 is 0 Å². The highest BCUT2D eigenvalue weighted by molar-refractivity contribution is 5.81. The van der Waals surface area contributed by atoms with Gasteiger partial charge in [0.1, 0.15) is 0 Å². The molecule has 0 bridgehead atoms. The fourth-order valence-corrected chi connectivity index (χ4v) is 2.43. The molecular weight excluding hydrogens is 220 g/mol. The average molecular weight is 240 g/mol. The van der Waals surface area contributed by atoms with Crippen molar-refractivity contribution in [2.24, 2.45) is 5.92 Å². The molecule has 1 saturated carbocycles. The van der Waals surface area contributed by atoms with Crippen LogP contribution in [-0.2, 0) is 6.42 Å². The number of para-hydroxylation sites is 1. The molecule has 94 valence electrons. The number of hydrogen-bond donors (Lipinski definition) is 1. The summed E-state index contributed by atoms with van der Waals surface area (Å²) in [6.45, 7) is 2.23. The summed E-state index contributed by atoms with van der Waals surface area (Å²) >= 11 is 0. The summed E-state index contributed by atoms with van der Waals surface area (Å²) in [4.78, 5) is 4.49. The third kappa shape index (κ3) is 2.88. The van der Waals surface area contributed by atoms with Crippen LogP contribution < -0.4 is 5.32 Å². The third-order valence-corrected chi connectivity index (χ3v) is 3.71. The first-order chi connectivity index (χ1) is 8.93. The molecule has 1 aliphatic carbocycles. The van der Waals surface area contributed by atoms with Gasteiger partial charge in [0.25, 0.3) is 0 Å². The van der Waals surface area contributed by atoms with Crippen molar-refractivity contribution in [3.8, 4) is 0 Å². The molecule has 1 aromatic carbocycles. The Morgan fingerprint density at radius 2 is 2.00 bits per heavy atom. The smallest absolute Gasteiger partial charge is 0.0734 e. The van der Waals surface area contributed by atoms with Crippen LogP contribution in [0.3, 0.4) is 0 Å². The van der Waals surface area contributed by atoms with Crippen molar-refractivity contribution in [3.05, 3.63) is 42.1 Å². The monoisotopic (exact) mass is 240 g/mol. The van der Waals surface area contributed by atoms with Crippen molar-refractivity contribution in [3.63, 3.8) is 0 Å². The Balaban J connectivity index is 1.56. The zero-order valence-electron chi connectivity index (χ0n) is 10.7. The van der Waals surface area contributed by atoms with Gasteiger partial charge in [-0.15, -0.1) is 0 Å². The first-order valence-corrected chi connectivity index (χ1v) is 6.97. The van der Waals surface area contributed by atoms with Crippen molar-refractivity contribution < 1.29 is 0 Å². The number of nitrogens with one attached hydrogen (secondary N) is 1. The van der Waals surface area contributed by atoms with Gasteiger partial charge in [0, 0.05) is 11.6 Å². The van der Waals surface area contributed by atoms with Crippen LogP contribution in [-0.4, -0.2) is 18.1 Å². The molecule has 1 fully saturated rings. The zero-order valence-corrected chi connectivity index (χ0v) is 10.7. The third-order valence-electron chi connectivity index (χ3n) is 3.71. The number of rotatable bonds is 6. The van der Waals surface area contributed by atoms with Gasteiger partial charge < -0.3 is 5.32 Å². The topological polar surface area (TPSA) is 24.9 Å². The predicted molar refractivity (Wildman–Crippen MR) is 75.7 cm³/mol. The fourth-order valence-electron chi connectivity index (χ4n) is 2.43. The van der Waals surface area contributed by atoms with Crippen LogP contribution in [0, 0.1) is 5.92 Å². The lowest BCUT2D eigenvalue weighted by Crippen LogP contribution is -2.19. The molecule has 0 amide bonds. The average Bonchev–Trinajstić information content (AvgIpc) is 3.23. The Morgan fingerprint density at radius 3 is 2.89 bits per heavy atom. The van der Waals surface area contributed by atoms with Gasteiger partial charge in [0.15, 0.2) is 0 Å². The Hall–Kier alpha value is -1.41. The van der Waals surface area contributed by atoms with Crippen LogP contribution >= 0.6 is 0 Å². The molecule has 0 spiro atoms. The first-order valence-electron chi connectivity index (χ1n) is 6.97. The van der Waals surface area contributed by atoms with Gasteiger partial charge in [-0.05, 0) is 43.5 Å². The normalized spacial score (nSPS) is 15.1. The molecule has 1 heterocycles. The minimum absolute atomic E-state index is 1.02. The molecule has 1 aromatic heterocycles. The lowest BCUT2D eigenvalue weighted by atomic mass is 10.1. The molecular formula is C16H20N2. The minimum Gasteiger partial charge on any atom is -0.316 e. The summed E-state index contributed by atoms with van der Waals surface area (Å²) < 4.78 is 0. The van der Waals surface area contributed by atoms with Gasteiger partial charge in [-0.1, -0.05) is 37.1 Å². The maximum Gasteiger partial charge on any atom is 0.0734 e. The largest absolute Gasteiger partial charge is 0.316 e. The van der Waals surface area contributed by atoms with Crippen LogP contribution in [0.15, 0.2) is 36.5 Å². The SMILES string of the molecule is c1cnc2c(CCNCCC3CC3)cccc2c1. The molecule has 2 nitrogen and oxygen atoms in total. The number of benzene rings is 1. The molecule has 1 aliphatic rings. The molecule has 1 N–H and O–H groups in total. The van der Waals surface area contributed by atoms with E-state index in [1.807, 2.05) is 12.3 Å². The summed E-state index contributed by atoms with van der Waals surface area (Å²) in [5.41, 5.74) is 2.51. The molecule has 0 aliphatic heterocycles. The molecule has 0 atom stereocenters. The minimum atomic E-state index is 1.02. The Labute approximate surface area is 108 Å².